The Bertz CT molecular complexity index is 1990. The second kappa shape index (κ2) is 15.5. The maximum absolute atomic E-state index is 14.5. The predicted octanol–water partition coefficient (Wildman–Crippen LogP) is 7.02. The molecule has 3 heterocycles. The average Bonchev–Trinajstić information content (AvgIpc) is 3.86. The van der Waals surface area contributed by atoms with Gasteiger partial charge in [-0.15, -0.1) is 0 Å². The number of esters is 1. The van der Waals surface area contributed by atoms with Gasteiger partial charge in [-0.25, -0.2) is 19.1 Å². The second-order valence-electron chi connectivity index (χ2n) is 13.7. The molecule has 0 radical (unpaired) electrons. The molecular formula is C40H44N4O7. The molecule has 2 aromatic heterocycles. The highest BCUT2D eigenvalue weighted by molar-refractivity contribution is 5.90. The van der Waals surface area contributed by atoms with Gasteiger partial charge in [0.05, 0.1) is 11.6 Å². The van der Waals surface area contributed by atoms with Crippen LogP contribution in [0, 0.1) is 0 Å². The lowest BCUT2D eigenvalue weighted by atomic mass is 9.92. The molecule has 1 unspecified atom stereocenters. The van der Waals surface area contributed by atoms with Crippen molar-refractivity contribution in [2.24, 2.45) is 0 Å². The van der Waals surface area contributed by atoms with Gasteiger partial charge >= 0.3 is 12.1 Å². The Hall–Kier alpha value is -5.58. The quantitative estimate of drug-likeness (QED) is 0.126. The van der Waals surface area contributed by atoms with Crippen molar-refractivity contribution >= 4 is 28.9 Å². The van der Waals surface area contributed by atoms with Gasteiger partial charge in [0.25, 0.3) is 0 Å². The van der Waals surface area contributed by atoms with Crippen LogP contribution in [0.1, 0.15) is 74.7 Å². The van der Waals surface area contributed by atoms with E-state index in [1.54, 1.807) is 18.3 Å². The van der Waals surface area contributed by atoms with E-state index in [0.29, 0.717) is 35.0 Å². The standard InChI is InChI=1S/C40H44N4O7/c1-5-6-16-36-42-29(23-44(36)39(47)51-40(2,3)4)21-31(27-17-18-34-35(20-27)50-25-49-34)37(45)43-33(38(46)48-24-26-12-8-7-9-13-26)19-28-22-41-32-15-11-10-14-30(28)32/h7-15,17-18,20,22-23,31,33,41H,5-6,16,19,21,24-25H2,1-4H3,(H,43,45)/t31?,33-/m0/s1. The van der Waals surface area contributed by atoms with E-state index in [9.17, 15) is 14.4 Å². The summed E-state index contributed by atoms with van der Waals surface area (Å²) < 4.78 is 24.1. The van der Waals surface area contributed by atoms with Crippen molar-refractivity contribution in [3.05, 3.63) is 113 Å². The summed E-state index contributed by atoms with van der Waals surface area (Å²) in [5, 5.41) is 3.98. The van der Waals surface area contributed by atoms with Crippen LogP contribution in [0.15, 0.2) is 85.2 Å². The molecule has 5 aromatic rings. The molecule has 1 amide bonds. The van der Waals surface area contributed by atoms with E-state index in [0.717, 1.165) is 34.9 Å². The van der Waals surface area contributed by atoms with Gasteiger partial charge in [-0.1, -0.05) is 67.9 Å². The number of rotatable bonds is 13. The molecule has 3 aromatic carbocycles. The number of benzene rings is 3. The lowest BCUT2D eigenvalue weighted by molar-refractivity contribution is -0.149. The van der Waals surface area contributed by atoms with Crippen LogP contribution >= 0.6 is 0 Å². The van der Waals surface area contributed by atoms with Gasteiger partial charge in [0.15, 0.2) is 11.5 Å². The number of hydrogen-bond donors (Lipinski definition) is 2. The van der Waals surface area contributed by atoms with Crippen LogP contribution < -0.4 is 14.8 Å². The topological polar surface area (TPSA) is 134 Å². The molecule has 266 valence electrons. The van der Waals surface area contributed by atoms with Crippen molar-refractivity contribution in [2.45, 2.75) is 84.0 Å². The number of nitrogens with one attached hydrogen (secondary N) is 2. The number of amides is 1. The van der Waals surface area contributed by atoms with Gasteiger partial charge < -0.3 is 29.2 Å². The number of hydrogen-bond acceptors (Lipinski definition) is 8. The van der Waals surface area contributed by atoms with Gasteiger partial charge in [-0.05, 0) is 62.1 Å². The Morgan fingerprint density at radius 3 is 2.53 bits per heavy atom. The molecule has 2 atom stereocenters. The van der Waals surface area contributed by atoms with Gasteiger partial charge in [0.2, 0.25) is 12.7 Å². The number of aryl methyl sites for hydroxylation is 1. The number of aromatic nitrogens is 3. The van der Waals surface area contributed by atoms with Crippen LogP contribution in [-0.2, 0) is 44.9 Å². The van der Waals surface area contributed by atoms with E-state index in [2.05, 4.69) is 17.2 Å². The smallest absolute Gasteiger partial charge is 0.419 e. The molecule has 0 aliphatic carbocycles. The fourth-order valence-corrected chi connectivity index (χ4v) is 6.07. The summed E-state index contributed by atoms with van der Waals surface area (Å²) >= 11 is 0. The minimum Gasteiger partial charge on any atom is -0.459 e. The molecule has 0 spiro atoms. The molecule has 2 N–H and O–H groups in total. The SMILES string of the molecule is CCCCc1nc(CC(C(=O)N[C@@H](Cc2c[nH]c3ccccc23)C(=O)OCc2ccccc2)c2ccc3c(c2)OCO3)cn1C(=O)OC(C)(C)C. The summed E-state index contributed by atoms with van der Waals surface area (Å²) in [6.07, 6.45) is 5.61. The van der Waals surface area contributed by atoms with Gasteiger partial charge in [0, 0.05) is 42.6 Å². The molecule has 1 aliphatic rings. The van der Waals surface area contributed by atoms with Crippen molar-refractivity contribution in [1.82, 2.24) is 19.9 Å². The highest BCUT2D eigenvalue weighted by atomic mass is 16.7. The Morgan fingerprint density at radius 1 is 0.980 bits per heavy atom. The van der Waals surface area contributed by atoms with Crippen LogP contribution in [0.4, 0.5) is 4.79 Å². The van der Waals surface area contributed by atoms with E-state index in [1.165, 1.54) is 4.57 Å². The third-order valence-electron chi connectivity index (χ3n) is 8.63. The molecule has 51 heavy (non-hydrogen) atoms. The molecule has 0 saturated carbocycles. The van der Waals surface area contributed by atoms with Crippen molar-refractivity contribution < 1.29 is 33.3 Å². The Morgan fingerprint density at radius 2 is 1.75 bits per heavy atom. The van der Waals surface area contributed by atoms with Crippen LogP contribution in [-0.4, -0.2) is 50.9 Å². The number of aromatic amines is 1. The molecular weight excluding hydrogens is 648 g/mol. The summed E-state index contributed by atoms with van der Waals surface area (Å²) in [6.45, 7) is 7.65. The van der Waals surface area contributed by atoms with E-state index >= 15 is 0 Å². The first kappa shape index (κ1) is 35.3. The Balaban J connectivity index is 1.32. The summed E-state index contributed by atoms with van der Waals surface area (Å²) in [6, 6.07) is 21.5. The lowest BCUT2D eigenvalue weighted by Gasteiger charge is -2.22. The summed E-state index contributed by atoms with van der Waals surface area (Å²) in [4.78, 5) is 49.6. The van der Waals surface area contributed by atoms with E-state index < -0.39 is 35.5 Å². The van der Waals surface area contributed by atoms with Gasteiger partial charge in [-0.2, -0.15) is 0 Å². The summed E-state index contributed by atoms with van der Waals surface area (Å²) in [7, 11) is 0. The number of ether oxygens (including phenoxy) is 4. The zero-order chi connectivity index (χ0) is 36.0. The van der Waals surface area contributed by atoms with Gasteiger partial charge in [-0.3, -0.25) is 4.79 Å². The lowest BCUT2D eigenvalue weighted by Crippen LogP contribution is -2.45. The third-order valence-corrected chi connectivity index (χ3v) is 8.63. The number of nitrogens with zero attached hydrogens (tertiary/aromatic N) is 2. The van der Waals surface area contributed by atoms with E-state index in [-0.39, 0.29) is 26.2 Å². The molecule has 0 bridgehead atoms. The highest BCUT2D eigenvalue weighted by Crippen LogP contribution is 2.36. The van der Waals surface area contributed by atoms with E-state index in [4.69, 9.17) is 23.9 Å². The molecule has 6 rings (SSSR count). The average molecular weight is 693 g/mol. The summed E-state index contributed by atoms with van der Waals surface area (Å²) in [5.41, 5.74) is 3.09. The van der Waals surface area contributed by atoms with Crippen LogP contribution in [0.5, 0.6) is 11.5 Å². The summed E-state index contributed by atoms with van der Waals surface area (Å²) in [5.74, 6) is -0.114. The molecule has 11 nitrogen and oxygen atoms in total. The number of unbranched alkanes of at least 4 members (excludes halogenated alkanes) is 1. The number of imidazole rings is 1. The first-order chi connectivity index (χ1) is 24.6. The van der Waals surface area contributed by atoms with E-state index in [1.807, 2.05) is 87.6 Å². The molecule has 11 heteroatoms. The number of carbonyl (C=O) groups excluding carboxylic acids is 3. The number of H-pyrrole nitrogens is 1. The maximum Gasteiger partial charge on any atom is 0.419 e. The largest absolute Gasteiger partial charge is 0.459 e. The monoisotopic (exact) mass is 692 g/mol. The fraction of sp³-hybridized carbons (Fsp3) is 0.350. The molecule has 1 aliphatic heterocycles. The predicted molar refractivity (Wildman–Crippen MR) is 192 cm³/mol. The third kappa shape index (κ3) is 8.78. The van der Waals surface area contributed by atoms with Crippen LogP contribution in [0.25, 0.3) is 10.9 Å². The first-order valence-corrected chi connectivity index (χ1v) is 17.3. The highest BCUT2D eigenvalue weighted by Gasteiger charge is 2.31. The van der Waals surface area contributed by atoms with Crippen molar-refractivity contribution in [2.75, 3.05) is 6.79 Å². The Labute approximate surface area is 297 Å². The van der Waals surface area contributed by atoms with Crippen LogP contribution in [0.3, 0.4) is 0 Å². The number of para-hydroxylation sites is 1. The normalized spacial score (nSPS) is 13.5. The number of fused-ring (bicyclic) bond motifs is 2. The number of carbonyl (C=O) groups is 3. The molecule has 0 fully saturated rings. The zero-order valence-electron chi connectivity index (χ0n) is 29.4. The van der Waals surface area contributed by atoms with Crippen molar-refractivity contribution in [1.29, 1.82) is 0 Å². The zero-order valence-corrected chi connectivity index (χ0v) is 29.4. The van der Waals surface area contributed by atoms with Crippen molar-refractivity contribution in [3.8, 4) is 11.5 Å². The Kier molecular flexibility index (Phi) is 10.7. The fourth-order valence-electron chi connectivity index (χ4n) is 6.07. The first-order valence-electron chi connectivity index (χ1n) is 17.3. The van der Waals surface area contributed by atoms with Crippen LogP contribution in [0.2, 0.25) is 0 Å². The maximum atomic E-state index is 14.5. The molecule has 0 saturated heterocycles. The minimum absolute atomic E-state index is 0.0636. The van der Waals surface area contributed by atoms with Crippen molar-refractivity contribution in [3.63, 3.8) is 0 Å². The van der Waals surface area contributed by atoms with Gasteiger partial charge in [0.1, 0.15) is 24.1 Å². The second-order valence-corrected chi connectivity index (χ2v) is 13.7. The minimum atomic E-state index is -1.00.